The van der Waals surface area contributed by atoms with Crippen molar-refractivity contribution in [2.24, 2.45) is 0 Å². The van der Waals surface area contributed by atoms with Crippen LogP contribution < -0.4 is 5.32 Å². The van der Waals surface area contributed by atoms with Crippen LogP contribution in [0.4, 0.5) is 4.39 Å². The van der Waals surface area contributed by atoms with E-state index in [1.807, 2.05) is 6.07 Å². The van der Waals surface area contributed by atoms with Crippen LogP contribution in [-0.2, 0) is 0 Å². The van der Waals surface area contributed by atoms with Gasteiger partial charge in [-0.05, 0) is 25.1 Å². The van der Waals surface area contributed by atoms with Crippen LogP contribution in [0.2, 0.25) is 0 Å². The van der Waals surface area contributed by atoms with Gasteiger partial charge in [0.15, 0.2) is 0 Å². The van der Waals surface area contributed by atoms with Crippen LogP contribution in [0.3, 0.4) is 0 Å². The number of benzene rings is 1. The van der Waals surface area contributed by atoms with Gasteiger partial charge in [-0.25, -0.2) is 4.39 Å². The smallest absolute Gasteiger partial charge is 0.255 e. The molecular formula is C10H8BrFN2O. The molecule has 0 aromatic heterocycles. The molecule has 1 aromatic rings. The van der Waals surface area contributed by atoms with Crippen molar-refractivity contribution in [1.29, 1.82) is 5.26 Å². The maximum atomic E-state index is 13.2. The van der Waals surface area contributed by atoms with Crippen molar-refractivity contribution in [3.05, 3.63) is 34.1 Å². The Morgan fingerprint density at radius 2 is 2.33 bits per heavy atom. The summed E-state index contributed by atoms with van der Waals surface area (Å²) in [4.78, 5) is 11.5. The van der Waals surface area contributed by atoms with Crippen LogP contribution in [0.5, 0.6) is 0 Å². The number of hydrogen-bond acceptors (Lipinski definition) is 2. The Morgan fingerprint density at radius 1 is 1.67 bits per heavy atom. The molecule has 15 heavy (non-hydrogen) atoms. The monoisotopic (exact) mass is 270 g/mol. The summed E-state index contributed by atoms with van der Waals surface area (Å²) in [5, 5.41) is 10.8. The molecule has 0 radical (unpaired) electrons. The van der Waals surface area contributed by atoms with Gasteiger partial charge in [-0.1, -0.05) is 15.9 Å². The number of carbonyl (C=O) groups excluding carboxylic acids is 1. The van der Waals surface area contributed by atoms with E-state index in [1.165, 1.54) is 25.1 Å². The molecule has 0 saturated heterocycles. The highest BCUT2D eigenvalue weighted by Gasteiger charge is 2.13. The molecule has 0 heterocycles. The first kappa shape index (κ1) is 11.7. The van der Waals surface area contributed by atoms with Crippen molar-refractivity contribution in [1.82, 2.24) is 5.32 Å². The SMILES string of the molecule is CC(C#N)NC(=O)c1cc(Br)ccc1F. The van der Waals surface area contributed by atoms with E-state index in [9.17, 15) is 9.18 Å². The van der Waals surface area contributed by atoms with Crippen molar-refractivity contribution in [2.45, 2.75) is 13.0 Å². The molecule has 3 nitrogen and oxygen atoms in total. The Balaban J connectivity index is 2.92. The second-order valence-electron chi connectivity index (χ2n) is 2.95. The van der Waals surface area contributed by atoms with Crippen molar-refractivity contribution in [3.8, 4) is 6.07 Å². The quantitative estimate of drug-likeness (QED) is 0.896. The zero-order chi connectivity index (χ0) is 11.4. The maximum absolute atomic E-state index is 13.2. The average molecular weight is 271 g/mol. The molecule has 0 bridgehead atoms. The van der Waals surface area contributed by atoms with Crippen molar-refractivity contribution >= 4 is 21.8 Å². The Labute approximate surface area is 95.0 Å². The Morgan fingerprint density at radius 3 is 2.93 bits per heavy atom. The Hall–Kier alpha value is -1.41. The lowest BCUT2D eigenvalue weighted by Crippen LogP contribution is -2.31. The van der Waals surface area contributed by atoms with Crippen LogP contribution >= 0.6 is 15.9 Å². The van der Waals surface area contributed by atoms with Gasteiger partial charge in [0.05, 0.1) is 11.6 Å². The lowest BCUT2D eigenvalue weighted by atomic mass is 10.2. The molecule has 0 aliphatic heterocycles. The first-order valence-corrected chi connectivity index (χ1v) is 4.99. The van der Waals surface area contributed by atoms with E-state index < -0.39 is 17.8 Å². The summed E-state index contributed by atoms with van der Waals surface area (Å²) in [5.41, 5.74) is -0.0773. The number of nitrogens with zero attached hydrogens (tertiary/aromatic N) is 1. The molecule has 1 unspecified atom stereocenters. The van der Waals surface area contributed by atoms with Gasteiger partial charge >= 0.3 is 0 Å². The fourth-order valence-electron chi connectivity index (χ4n) is 0.978. The van der Waals surface area contributed by atoms with Crippen LogP contribution in [0, 0.1) is 17.1 Å². The van der Waals surface area contributed by atoms with E-state index >= 15 is 0 Å². The number of halogens is 2. The van der Waals surface area contributed by atoms with E-state index in [0.717, 1.165) is 0 Å². The van der Waals surface area contributed by atoms with Gasteiger partial charge in [0.1, 0.15) is 11.9 Å². The fourth-order valence-corrected chi connectivity index (χ4v) is 1.34. The summed E-state index contributed by atoms with van der Waals surface area (Å²) in [6, 6.07) is 5.25. The molecule has 1 amide bonds. The molecule has 1 atom stereocenters. The molecule has 0 aliphatic rings. The largest absolute Gasteiger partial charge is 0.336 e. The molecule has 5 heteroatoms. The zero-order valence-electron chi connectivity index (χ0n) is 7.92. The molecule has 78 valence electrons. The standard InChI is InChI=1S/C10H8BrFN2O/c1-6(5-13)14-10(15)8-4-7(11)2-3-9(8)12/h2-4,6H,1H3,(H,14,15). The van der Waals surface area contributed by atoms with Gasteiger partial charge in [0.2, 0.25) is 0 Å². The molecule has 0 aliphatic carbocycles. The summed E-state index contributed by atoms with van der Waals surface area (Å²) in [7, 11) is 0. The predicted molar refractivity (Wildman–Crippen MR) is 56.6 cm³/mol. The third kappa shape index (κ3) is 3.03. The van der Waals surface area contributed by atoms with E-state index in [1.54, 1.807) is 0 Å². The molecular weight excluding hydrogens is 263 g/mol. The first-order valence-electron chi connectivity index (χ1n) is 4.20. The molecule has 1 rings (SSSR count). The van der Waals surface area contributed by atoms with Crippen LogP contribution in [0.25, 0.3) is 0 Å². The van der Waals surface area contributed by atoms with E-state index in [2.05, 4.69) is 21.2 Å². The lowest BCUT2D eigenvalue weighted by Gasteiger charge is -2.07. The van der Waals surface area contributed by atoms with Crippen LogP contribution in [-0.4, -0.2) is 11.9 Å². The summed E-state index contributed by atoms with van der Waals surface area (Å²) in [6.45, 7) is 1.52. The second-order valence-corrected chi connectivity index (χ2v) is 3.86. The maximum Gasteiger partial charge on any atom is 0.255 e. The number of nitrogens with one attached hydrogen (secondary N) is 1. The summed E-state index contributed by atoms with van der Waals surface area (Å²) in [5.74, 6) is -1.20. The normalized spacial score (nSPS) is 11.6. The summed E-state index contributed by atoms with van der Waals surface area (Å²) < 4.78 is 13.8. The molecule has 0 spiro atoms. The fraction of sp³-hybridized carbons (Fsp3) is 0.200. The highest BCUT2D eigenvalue weighted by Crippen LogP contribution is 2.15. The third-order valence-corrected chi connectivity index (χ3v) is 2.21. The third-order valence-electron chi connectivity index (χ3n) is 1.71. The minimum Gasteiger partial charge on any atom is -0.336 e. The van der Waals surface area contributed by atoms with E-state index in [0.29, 0.717) is 4.47 Å². The van der Waals surface area contributed by atoms with Crippen molar-refractivity contribution in [2.75, 3.05) is 0 Å². The van der Waals surface area contributed by atoms with Crippen LogP contribution in [0.15, 0.2) is 22.7 Å². The second kappa shape index (κ2) is 4.89. The van der Waals surface area contributed by atoms with Gasteiger partial charge in [0, 0.05) is 4.47 Å². The Bertz CT molecular complexity index is 428. The highest BCUT2D eigenvalue weighted by molar-refractivity contribution is 9.10. The summed E-state index contributed by atoms with van der Waals surface area (Å²) >= 11 is 3.14. The first-order chi connectivity index (χ1) is 7.04. The van der Waals surface area contributed by atoms with Crippen LogP contribution in [0.1, 0.15) is 17.3 Å². The number of amides is 1. The van der Waals surface area contributed by atoms with Gasteiger partial charge in [-0.2, -0.15) is 5.26 Å². The van der Waals surface area contributed by atoms with Crippen molar-refractivity contribution in [3.63, 3.8) is 0 Å². The number of rotatable bonds is 2. The predicted octanol–water partition coefficient (Wildman–Crippen LogP) is 2.23. The number of hydrogen-bond donors (Lipinski definition) is 1. The molecule has 0 fully saturated rings. The summed E-state index contributed by atoms with van der Waals surface area (Å²) in [6.07, 6.45) is 0. The average Bonchev–Trinajstić information content (AvgIpc) is 2.21. The van der Waals surface area contributed by atoms with E-state index in [-0.39, 0.29) is 5.56 Å². The minimum absolute atomic E-state index is 0.0773. The minimum atomic E-state index is -0.643. The van der Waals surface area contributed by atoms with Gasteiger partial charge in [-0.15, -0.1) is 0 Å². The van der Waals surface area contributed by atoms with Crippen molar-refractivity contribution < 1.29 is 9.18 Å². The molecule has 1 aromatic carbocycles. The molecule has 1 N–H and O–H groups in total. The van der Waals surface area contributed by atoms with E-state index in [4.69, 9.17) is 5.26 Å². The number of carbonyl (C=O) groups is 1. The van der Waals surface area contributed by atoms with Gasteiger partial charge in [0.25, 0.3) is 5.91 Å². The highest BCUT2D eigenvalue weighted by atomic mass is 79.9. The lowest BCUT2D eigenvalue weighted by molar-refractivity contribution is 0.0943. The topological polar surface area (TPSA) is 52.9 Å². The molecule has 0 saturated carbocycles. The Kier molecular flexibility index (Phi) is 3.81. The van der Waals surface area contributed by atoms with Gasteiger partial charge < -0.3 is 5.32 Å². The van der Waals surface area contributed by atoms with Gasteiger partial charge in [-0.3, -0.25) is 4.79 Å². The zero-order valence-corrected chi connectivity index (χ0v) is 9.51. The number of nitriles is 1.